The first kappa shape index (κ1) is 20.8. The summed E-state index contributed by atoms with van der Waals surface area (Å²) in [7, 11) is 1.26. The lowest BCUT2D eigenvalue weighted by molar-refractivity contribution is -0.384. The normalized spacial score (nSPS) is 11.2. The van der Waals surface area contributed by atoms with Crippen molar-refractivity contribution in [2.24, 2.45) is 0 Å². The number of esters is 1. The number of nitrogens with zero attached hydrogens (tertiary/aromatic N) is 1. The van der Waals surface area contributed by atoms with E-state index in [1.807, 2.05) is 0 Å². The van der Waals surface area contributed by atoms with E-state index < -0.39 is 34.4 Å². The minimum Gasteiger partial charge on any atom is -0.465 e. The topological polar surface area (TPSA) is 128 Å². The molecule has 0 aliphatic carbocycles. The number of carbonyl (C=O) groups excluding carboxylic acids is 3. The number of hydrogen-bond acceptors (Lipinski definition) is 6. The number of ether oxygens (including phenoxy) is 1. The highest BCUT2D eigenvalue weighted by Gasteiger charge is 2.20. The van der Waals surface area contributed by atoms with Crippen molar-refractivity contribution in [3.8, 4) is 0 Å². The van der Waals surface area contributed by atoms with Crippen molar-refractivity contribution >= 4 is 40.8 Å². The summed E-state index contributed by atoms with van der Waals surface area (Å²) in [6, 6.07) is 8.66. The van der Waals surface area contributed by atoms with Crippen LogP contribution in [-0.2, 0) is 9.53 Å². The number of nitrogens with one attached hydrogen (secondary N) is 2. The minimum atomic E-state index is -0.928. The van der Waals surface area contributed by atoms with Crippen molar-refractivity contribution in [2.75, 3.05) is 12.4 Å². The van der Waals surface area contributed by atoms with Crippen molar-refractivity contribution < 1.29 is 24.0 Å². The molecule has 0 spiro atoms. The van der Waals surface area contributed by atoms with Crippen LogP contribution in [0.25, 0.3) is 0 Å². The van der Waals surface area contributed by atoms with Crippen LogP contribution in [0.3, 0.4) is 0 Å². The maximum absolute atomic E-state index is 12.2. The maximum Gasteiger partial charge on any atom is 0.337 e. The van der Waals surface area contributed by atoms with E-state index >= 15 is 0 Å². The van der Waals surface area contributed by atoms with Gasteiger partial charge in [0.2, 0.25) is 5.91 Å². The fourth-order valence-corrected chi connectivity index (χ4v) is 2.38. The van der Waals surface area contributed by atoms with E-state index in [0.29, 0.717) is 11.3 Å². The Morgan fingerprint density at radius 2 is 1.71 bits per heavy atom. The molecule has 10 heteroatoms. The molecule has 0 saturated heterocycles. The average molecular weight is 406 g/mol. The number of rotatable bonds is 6. The lowest BCUT2D eigenvalue weighted by atomic mass is 10.1. The smallest absolute Gasteiger partial charge is 0.337 e. The first-order valence-corrected chi connectivity index (χ1v) is 8.34. The molecule has 0 aliphatic heterocycles. The van der Waals surface area contributed by atoms with Crippen LogP contribution in [0.1, 0.15) is 27.6 Å². The van der Waals surface area contributed by atoms with Gasteiger partial charge in [-0.25, -0.2) is 4.79 Å². The standard InChI is InChI=1S/C18H16ClN3O6/c1-10(16(23)21-13-6-3-11(4-7-13)18(25)28-2)20-17(24)12-5-8-14(19)15(9-12)22(26)27/h3-10H,1-2H3,(H,20,24)(H,21,23)/t10-/m0/s1. The van der Waals surface area contributed by atoms with Gasteiger partial charge in [-0.05, 0) is 43.3 Å². The number of nitro benzene ring substituents is 1. The van der Waals surface area contributed by atoms with Gasteiger partial charge in [-0.2, -0.15) is 0 Å². The number of benzene rings is 2. The maximum atomic E-state index is 12.2. The van der Waals surface area contributed by atoms with Gasteiger partial charge < -0.3 is 15.4 Å². The van der Waals surface area contributed by atoms with Crippen LogP contribution in [0.2, 0.25) is 5.02 Å². The van der Waals surface area contributed by atoms with Crippen LogP contribution in [0, 0.1) is 10.1 Å². The second-order valence-corrected chi connectivity index (χ2v) is 6.08. The van der Waals surface area contributed by atoms with Crippen LogP contribution >= 0.6 is 11.6 Å². The summed E-state index contributed by atoms with van der Waals surface area (Å²) in [5.41, 5.74) is 0.336. The van der Waals surface area contributed by atoms with Crippen LogP contribution < -0.4 is 10.6 Å². The molecule has 0 bridgehead atoms. The van der Waals surface area contributed by atoms with E-state index in [0.717, 1.165) is 6.07 Å². The Balaban J connectivity index is 2.02. The molecule has 0 aromatic heterocycles. The Kier molecular flexibility index (Phi) is 6.67. The van der Waals surface area contributed by atoms with E-state index in [1.54, 1.807) is 0 Å². The van der Waals surface area contributed by atoms with Gasteiger partial charge in [-0.1, -0.05) is 11.6 Å². The average Bonchev–Trinajstić information content (AvgIpc) is 2.67. The first-order chi connectivity index (χ1) is 13.2. The summed E-state index contributed by atoms with van der Waals surface area (Å²) in [5.74, 6) is -1.68. The third-order valence-corrected chi connectivity index (χ3v) is 4.04. The Bertz CT molecular complexity index is 929. The molecule has 0 saturated carbocycles. The monoisotopic (exact) mass is 405 g/mol. The summed E-state index contributed by atoms with van der Waals surface area (Å²) in [6.45, 7) is 1.46. The number of amides is 2. The van der Waals surface area contributed by atoms with Crippen molar-refractivity contribution in [1.82, 2.24) is 5.32 Å². The highest BCUT2D eigenvalue weighted by Crippen LogP contribution is 2.25. The highest BCUT2D eigenvalue weighted by molar-refractivity contribution is 6.32. The lowest BCUT2D eigenvalue weighted by Crippen LogP contribution is -2.41. The minimum absolute atomic E-state index is 0.00168. The number of halogens is 1. The lowest BCUT2D eigenvalue weighted by Gasteiger charge is -2.14. The molecule has 28 heavy (non-hydrogen) atoms. The van der Waals surface area contributed by atoms with Gasteiger partial charge in [0.15, 0.2) is 0 Å². The fraction of sp³-hybridized carbons (Fsp3) is 0.167. The second-order valence-electron chi connectivity index (χ2n) is 5.68. The van der Waals surface area contributed by atoms with Gasteiger partial charge in [-0.15, -0.1) is 0 Å². The molecule has 1 atom stereocenters. The second kappa shape index (κ2) is 8.96. The van der Waals surface area contributed by atoms with E-state index in [-0.39, 0.29) is 10.6 Å². The van der Waals surface area contributed by atoms with E-state index in [9.17, 15) is 24.5 Å². The van der Waals surface area contributed by atoms with Gasteiger partial charge in [-0.3, -0.25) is 19.7 Å². The van der Waals surface area contributed by atoms with Gasteiger partial charge in [0, 0.05) is 17.3 Å². The van der Waals surface area contributed by atoms with Crippen LogP contribution in [0.4, 0.5) is 11.4 Å². The quantitative estimate of drug-likeness (QED) is 0.432. The molecule has 0 aliphatic rings. The summed E-state index contributed by atoms with van der Waals surface area (Å²) in [6.07, 6.45) is 0. The third-order valence-electron chi connectivity index (χ3n) is 3.72. The number of hydrogen-bond donors (Lipinski definition) is 2. The van der Waals surface area contributed by atoms with E-state index in [4.69, 9.17) is 11.6 Å². The molecule has 2 aromatic rings. The van der Waals surface area contributed by atoms with Crippen molar-refractivity contribution in [1.29, 1.82) is 0 Å². The largest absolute Gasteiger partial charge is 0.465 e. The van der Waals surface area contributed by atoms with E-state index in [1.165, 1.54) is 50.4 Å². The Morgan fingerprint density at radius 1 is 1.11 bits per heavy atom. The molecule has 0 fully saturated rings. The fourth-order valence-electron chi connectivity index (χ4n) is 2.20. The van der Waals surface area contributed by atoms with Crippen LogP contribution in [-0.4, -0.2) is 35.9 Å². The predicted molar refractivity (Wildman–Crippen MR) is 101 cm³/mol. The van der Waals surface area contributed by atoms with Gasteiger partial charge in [0.1, 0.15) is 11.1 Å². The summed E-state index contributed by atoms with van der Waals surface area (Å²) < 4.78 is 4.59. The number of anilines is 1. The Hall–Kier alpha value is -3.46. The summed E-state index contributed by atoms with van der Waals surface area (Å²) in [4.78, 5) is 46.1. The molecular weight excluding hydrogens is 390 g/mol. The van der Waals surface area contributed by atoms with Crippen molar-refractivity contribution in [3.05, 3.63) is 68.7 Å². The number of methoxy groups -OCH3 is 1. The zero-order valence-electron chi connectivity index (χ0n) is 14.9. The Labute approximate surface area is 164 Å². The molecule has 2 amide bonds. The molecule has 0 radical (unpaired) electrons. The van der Waals surface area contributed by atoms with Crippen LogP contribution in [0.5, 0.6) is 0 Å². The van der Waals surface area contributed by atoms with Crippen molar-refractivity contribution in [2.45, 2.75) is 13.0 Å². The molecule has 9 nitrogen and oxygen atoms in total. The molecule has 2 rings (SSSR count). The van der Waals surface area contributed by atoms with Gasteiger partial charge in [0.25, 0.3) is 11.6 Å². The SMILES string of the molecule is COC(=O)c1ccc(NC(=O)[C@H](C)NC(=O)c2ccc(Cl)c([N+](=O)[O-])c2)cc1. The zero-order chi connectivity index (χ0) is 20.8. The highest BCUT2D eigenvalue weighted by atomic mass is 35.5. The molecule has 0 heterocycles. The molecule has 146 valence electrons. The summed E-state index contributed by atoms with van der Waals surface area (Å²) >= 11 is 5.72. The number of nitro groups is 1. The number of carbonyl (C=O) groups is 3. The molecular formula is C18H16ClN3O6. The first-order valence-electron chi connectivity index (χ1n) is 7.97. The Morgan fingerprint density at radius 3 is 2.29 bits per heavy atom. The molecule has 2 N–H and O–H groups in total. The zero-order valence-corrected chi connectivity index (χ0v) is 15.6. The molecule has 2 aromatic carbocycles. The van der Waals surface area contributed by atoms with Gasteiger partial charge >= 0.3 is 5.97 Å². The summed E-state index contributed by atoms with van der Waals surface area (Å²) in [5, 5.41) is 15.9. The van der Waals surface area contributed by atoms with E-state index in [2.05, 4.69) is 15.4 Å². The van der Waals surface area contributed by atoms with Crippen LogP contribution in [0.15, 0.2) is 42.5 Å². The van der Waals surface area contributed by atoms with Crippen molar-refractivity contribution in [3.63, 3.8) is 0 Å². The molecule has 0 unspecified atom stereocenters. The van der Waals surface area contributed by atoms with Gasteiger partial charge in [0.05, 0.1) is 17.6 Å². The third kappa shape index (κ3) is 5.04. The predicted octanol–water partition coefficient (Wildman–Crippen LogP) is 2.79.